The number of carbonyl (C=O) groups is 2. The predicted molar refractivity (Wildman–Crippen MR) is 85.1 cm³/mol. The number of unbranched alkanes of at least 4 members (excludes halogenated alkanes) is 1. The van der Waals surface area contributed by atoms with Crippen LogP contribution in [0, 0.1) is 0 Å². The molecule has 0 saturated heterocycles. The molecular weight excluding hydrogens is 288 g/mol. The second-order valence-corrected chi connectivity index (χ2v) is 5.61. The molecule has 0 aromatic heterocycles. The van der Waals surface area contributed by atoms with Gasteiger partial charge >= 0.3 is 0 Å². The van der Waals surface area contributed by atoms with Crippen molar-refractivity contribution >= 4 is 23.4 Å². The van der Waals surface area contributed by atoms with E-state index in [4.69, 9.17) is 11.6 Å². The Morgan fingerprint density at radius 3 is 2.33 bits per heavy atom. The molecule has 0 N–H and O–H groups in total. The summed E-state index contributed by atoms with van der Waals surface area (Å²) in [5.41, 5.74) is 0.957. The van der Waals surface area contributed by atoms with Crippen molar-refractivity contribution in [1.29, 1.82) is 0 Å². The summed E-state index contributed by atoms with van der Waals surface area (Å²) in [5, 5.41) is 0.656. The van der Waals surface area contributed by atoms with Gasteiger partial charge in [0.25, 0.3) is 0 Å². The zero-order valence-corrected chi connectivity index (χ0v) is 13.7. The molecule has 0 fully saturated rings. The van der Waals surface area contributed by atoms with Crippen LogP contribution in [0.3, 0.4) is 0 Å². The first kappa shape index (κ1) is 17.5. The second-order valence-electron chi connectivity index (χ2n) is 5.17. The monoisotopic (exact) mass is 310 g/mol. The van der Waals surface area contributed by atoms with Crippen LogP contribution in [0.2, 0.25) is 5.02 Å². The zero-order valence-electron chi connectivity index (χ0n) is 12.9. The van der Waals surface area contributed by atoms with Gasteiger partial charge in [0.05, 0.1) is 0 Å². The largest absolute Gasteiger partial charge is 0.344 e. The van der Waals surface area contributed by atoms with Crippen LogP contribution in [0.1, 0.15) is 32.3 Å². The molecule has 0 aliphatic heterocycles. The predicted octanol–water partition coefficient (Wildman–Crippen LogP) is 2.95. The maximum atomic E-state index is 12.1. The smallest absolute Gasteiger partial charge is 0.241 e. The first-order chi connectivity index (χ1) is 9.93. The van der Waals surface area contributed by atoms with Crippen molar-refractivity contribution < 1.29 is 9.59 Å². The van der Waals surface area contributed by atoms with Crippen LogP contribution in [-0.4, -0.2) is 41.8 Å². The van der Waals surface area contributed by atoms with Gasteiger partial charge in [0.2, 0.25) is 11.8 Å². The number of rotatable bonds is 7. The van der Waals surface area contributed by atoms with Crippen molar-refractivity contribution in [2.75, 3.05) is 20.1 Å². The average Bonchev–Trinajstić information content (AvgIpc) is 2.45. The summed E-state index contributed by atoms with van der Waals surface area (Å²) in [4.78, 5) is 27.1. The summed E-state index contributed by atoms with van der Waals surface area (Å²) in [6, 6.07) is 7.29. The van der Waals surface area contributed by atoms with Gasteiger partial charge in [-0.25, -0.2) is 0 Å². The number of nitrogens with zero attached hydrogens (tertiary/aromatic N) is 2. The lowest BCUT2D eigenvalue weighted by atomic mass is 10.2. The molecule has 0 heterocycles. The van der Waals surface area contributed by atoms with Crippen LogP contribution in [0.15, 0.2) is 24.3 Å². The fourth-order valence-electron chi connectivity index (χ4n) is 1.89. The highest BCUT2D eigenvalue weighted by atomic mass is 35.5. The summed E-state index contributed by atoms with van der Waals surface area (Å²) >= 11 is 5.84. The van der Waals surface area contributed by atoms with E-state index in [-0.39, 0.29) is 18.4 Å². The SMILES string of the molecule is CCCCN(C)C(=O)CN(Cc1ccc(Cl)cc1)C(C)=O. The number of hydrogen-bond donors (Lipinski definition) is 0. The van der Waals surface area contributed by atoms with E-state index in [2.05, 4.69) is 6.92 Å². The molecule has 0 aliphatic rings. The number of halogens is 1. The normalized spacial score (nSPS) is 10.3. The number of amides is 2. The molecule has 1 aromatic carbocycles. The lowest BCUT2D eigenvalue weighted by molar-refractivity contribution is -0.139. The van der Waals surface area contributed by atoms with Gasteiger partial charge in [-0.1, -0.05) is 37.1 Å². The first-order valence-corrected chi connectivity index (χ1v) is 7.55. The van der Waals surface area contributed by atoms with E-state index < -0.39 is 0 Å². The molecule has 5 heteroatoms. The molecule has 0 unspecified atom stereocenters. The molecule has 0 atom stereocenters. The van der Waals surface area contributed by atoms with Crippen molar-refractivity contribution in [1.82, 2.24) is 9.80 Å². The van der Waals surface area contributed by atoms with Crippen molar-refractivity contribution in [3.05, 3.63) is 34.9 Å². The minimum absolute atomic E-state index is 0.0346. The molecule has 4 nitrogen and oxygen atoms in total. The summed E-state index contributed by atoms with van der Waals surface area (Å²) < 4.78 is 0. The third-order valence-electron chi connectivity index (χ3n) is 3.33. The zero-order chi connectivity index (χ0) is 15.8. The molecule has 0 radical (unpaired) electrons. The molecule has 0 bridgehead atoms. The molecule has 1 aromatic rings. The Bertz CT molecular complexity index is 474. The lowest BCUT2D eigenvalue weighted by Crippen LogP contribution is -2.40. The van der Waals surface area contributed by atoms with Gasteiger partial charge in [-0.3, -0.25) is 9.59 Å². The van der Waals surface area contributed by atoms with Gasteiger partial charge in [0, 0.05) is 32.1 Å². The minimum atomic E-state index is -0.109. The van der Waals surface area contributed by atoms with E-state index in [0.717, 1.165) is 24.9 Å². The van der Waals surface area contributed by atoms with Gasteiger partial charge in [-0.2, -0.15) is 0 Å². The van der Waals surface area contributed by atoms with E-state index in [1.54, 1.807) is 29.0 Å². The molecule has 0 aliphatic carbocycles. The van der Waals surface area contributed by atoms with Gasteiger partial charge in [0.15, 0.2) is 0 Å². The van der Waals surface area contributed by atoms with Crippen LogP contribution >= 0.6 is 11.6 Å². The third kappa shape index (κ3) is 6.17. The Morgan fingerprint density at radius 2 is 1.81 bits per heavy atom. The molecule has 21 heavy (non-hydrogen) atoms. The summed E-state index contributed by atoms with van der Waals surface area (Å²) in [7, 11) is 1.78. The van der Waals surface area contributed by atoms with Gasteiger partial charge in [-0.05, 0) is 24.1 Å². The van der Waals surface area contributed by atoms with Crippen LogP contribution < -0.4 is 0 Å². The third-order valence-corrected chi connectivity index (χ3v) is 3.58. The van der Waals surface area contributed by atoms with Crippen LogP contribution in [0.5, 0.6) is 0 Å². The van der Waals surface area contributed by atoms with Gasteiger partial charge in [-0.15, -0.1) is 0 Å². The Labute approximate surface area is 131 Å². The molecule has 1 rings (SSSR count). The molecule has 0 spiro atoms. The number of carbonyl (C=O) groups excluding carboxylic acids is 2. The molecule has 116 valence electrons. The minimum Gasteiger partial charge on any atom is -0.344 e. The topological polar surface area (TPSA) is 40.6 Å². The maximum absolute atomic E-state index is 12.1. The van der Waals surface area contributed by atoms with Gasteiger partial charge < -0.3 is 9.80 Å². The average molecular weight is 311 g/mol. The molecule has 2 amide bonds. The van der Waals surface area contributed by atoms with E-state index in [1.807, 2.05) is 12.1 Å². The van der Waals surface area contributed by atoms with Crippen molar-refractivity contribution in [2.45, 2.75) is 33.2 Å². The first-order valence-electron chi connectivity index (χ1n) is 7.18. The Morgan fingerprint density at radius 1 is 1.19 bits per heavy atom. The molecule has 0 saturated carbocycles. The second kappa shape index (κ2) is 8.67. The van der Waals surface area contributed by atoms with Crippen LogP contribution in [-0.2, 0) is 16.1 Å². The van der Waals surface area contributed by atoms with Crippen LogP contribution in [0.25, 0.3) is 0 Å². The summed E-state index contributed by atoms with van der Waals surface area (Å²) in [5.74, 6) is -0.144. The maximum Gasteiger partial charge on any atom is 0.241 e. The van der Waals surface area contributed by atoms with Crippen molar-refractivity contribution in [3.8, 4) is 0 Å². The molecular formula is C16H23ClN2O2. The van der Waals surface area contributed by atoms with E-state index >= 15 is 0 Å². The van der Waals surface area contributed by atoms with E-state index in [0.29, 0.717) is 11.6 Å². The quantitative estimate of drug-likeness (QED) is 0.777. The van der Waals surface area contributed by atoms with Crippen molar-refractivity contribution in [2.24, 2.45) is 0 Å². The number of benzene rings is 1. The van der Waals surface area contributed by atoms with Gasteiger partial charge in [0.1, 0.15) is 6.54 Å². The van der Waals surface area contributed by atoms with Crippen LogP contribution in [0.4, 0.5) is 0 Å². The summed E-state index contributed by atoms with van der Waals surface area (Å²) in [6.45, 7) is 4.82. The Kier molecular flexibility index (Phi) is 7.23. The fourth-order valence-corrected chi connectivity index (χ4v) is 2.02. The Balaban J connectivity index is 2.63. The van der Waals surface area contributed by atoms with E-state index in [9.17, 15) is 9.59 Å². The highest BCUT2D eigenvalue weighted by Crippen LogP contribution is 2.12. The highest BCUT2D eigenvalue weighted by molar-refractivity contribution is 6.30. The standard InChI is InChI=1S/C16H23ClN2O2/c1-4-5-10-18(3)16(21)12-19(13(2)20)11-14-6-8-15(17)9-7-14/h6-9H,4-5,10-12H2,1-3H3. The van der Waals surface area contributed by atoms with E-state index in [1.165, 1.54) is 6.92 Å². The Hall–Kier alpha value is -1.55. The lowest BCUT2D eigenvalue weighted by Gasteiger charge is -2.24. The fraction of sp³-hybridized carbons (Fsp3) is 0.500. The number of hydrogen-bond acceptors (Lipinski definition) is 2. The van der Waals surface area contributed by atoms with Crippen molar-refractivity contribution in [3.63, 3.8) is 0 Å². The highest BCUT2D eigenvalue weighted by Gasteiger charge is 2.16. The number of likely N-dealkylation sites (N-methyl/N-ethyl adjacent to an activating group) is 1. The summed E-state index contributed by atoms with van der Waals surface area (Å²) in [6.07, 6.45) is 2.01.